The molecule has 0 fully saturated rings. The Labute approximate surface area is 160 Å². The molecule has 142 valence electrons. The van der Waals surface area contributed by atoms with E-state index >= 15 is 0 Å². The van der Waals surface area contributed by atoms with Gasteiger partial charge in [-0.2, -0.15) is 0 Å². The summed E-state index contributed by atoms with van der Waals surface area (Å²) in [6.45, 7) is 9.46. The number of amides is 2. The summed E-state index contributed by atoms with van der Waals surface area (Å²) in [4.78, 5) is 25.3. The molecular weight excluding hydrogens is 340 g/mol. The fraction of sp³-hybridized carbons (Fsp3) is 0.273. The average Bonchev–Trinajstić information content (AvgIpc) is 2.61. The maximum atomic E-state index is 12.7. The first kappa shape index (κ1) is 20.2. The zero-order valence-electron chi connectivity index (χ0n) is 16.3. The zero-order chi connectivity index (χ0) is 20.0. The van der Waals surface area contributed by atoms with Crippen molar-refractivity contribution in [3.63, 3.8) is 0 Å². The molecule has 2 aromatic rings. The van der Waals surface area contributed by atoms with Gasteiger partial charge in [0.2, 0.25) is 0 Å². The molecule has 5 nitrogen and oxygen atoms in total. The Kier molecular flexibility index (Phi) is 6.40. The molecule has 0 aromatic heterocycles. The number of hydrogen-bond donors (Lipinski definition) is 2. The number of ether oxygens (including phenoxy) is 1. The van der Waals surface area contributed by atoms with E-state index in [0.717, 1.165) is 5.56 Å². The molecule has 0 aliphatic carbocycles. The molecule has 2 amide bonds. The molecule has 0 saturated carbocycles. The molecular formula is C22H26N2O3. The highest BCUT2D eigenvalue weighted by Gasteiger charge is 2.19. The van der Waals surface area contributed by atoms with Gasteiger partial charge in [0.25, 0.3) is 11.8 Å². The lowest BCUT2D eigenvalue weighted by atomic mass is 10.0. The first-order chi connectivity index (χ1) is 12.7. The summed E-state index contributed by atoms with van der Waals surface area (Å²) in [5.74, 6) is 0.177. The van der Waals surface area contributed by atoms with Gasteiger partial charge in [0, 0.05) is 11.1 Å². The standard InChI is InChI=1S/C22H26N2O3/c1-6-9-15-14-16(12-13-19(15)27-5)20(25)23-18-11-8-7-10-17(18)21(26)24-22(2,3)4/h6-8,10-14H,1,9H2,2-5H3,(H,23,25)(H,24,26). The number of benzene rings is 2. The predicted molar refractivity (Wildman–Crippen MR) is 109 cm³/mol. The van der Waals surface area contributed by atoms with Crippen LogP contribution in [0.2, 0.25) is 0 Å². The molecule has 0 aliphatic heterocycles. The molecule has 0 unspecified atom stereocenters. The van der Waals surface area contributed by atoms with Gasteiger partial charge in [0.15, 0.2) is 0 Å². The minimum atomic E-state index is -0.371. The van der Waals surface area contributed by atoms with Crippen LogP contribution < -0.4 is 15.4 Å². The van der Waals surface area contributed by atoms with E-state index in [2.05, 4.69) is 17.2 Å². The molecule has 0 atom stereocenters. The predicted octanol–water partition coefficient (Wildman–Crippen LogP) is 4.20. The smallest absolute Gasteiger partial charge is 0.255 e. The molecule has 0 heterocycles. The summed E-state index contributed by atoms with van der Waals surface area (Å²) in [7, 11) is 1.59. The van der Waals surface area contributed by atoms with Crippen LogP contribution >= 0.6 is 0 Å². The van der Waals surface area contributed by atoms with E-state index in [1.54, 1.807) is 55.7 Å². The minimum Gasteiger partial charge on any atom is -0.496 e. The van der Waals surface area contributed by atoms with Crippen LogP contribution in [0.25, 0.3) is 0 Å². The second-order valence-electron chi connectivity index (χ2n) is 7.22. The van der Waals surface area contributed by atoms with E-state index in [9.17, 15) is 9.59 Å². The molecule has 0 radical (unpaired) electrons. The van der Waals surface area contributed by atoms with Crippen molar-refractivity contribution >= 4 is 17.5 Å². The van der Waals surface area contributed by atoms with Gasteiger partial charge in [-0.25, -0.2) is 0 Å². The van der Waals surface area contributed by atoms with E-state index in [4.69, 9.17) is 4.74 Å². The average molecular weight is 366 g/mol. The van der Waals surface area contributed by atoms with Crippen molar-refractivity contribution < 1.29 is 14.3 Å². The topological polar surface area (TPSA) is 67.4 Å². The van der Waals surface area contributed by atoms with Gasteiger partial charge in [-0.05, 0) is 63.1 Å². The first-order valence-electron chi connectivity index (χ1n) is 8.76. The van der Waals surface area contributed by atoms with Gasteiger partial charge in [0.05, 0.1) is 18.4 Å². The molecule has 2 rings (SSSR count). The van der Waals surface area contributed by atoms with Gasteiger partial charge in [0.1, 0.15) is 5.75 Å². The molecule has 0 spiro atoms. The van der Waals surface area contributed by atoms with Gasteiger partial charge in [-0.15, -0.1) is 6.58 Å². The summed E-state index contributed by atoms with van der Waals surface area (Å²) in [6.07, 6.45) is 2.35. The van der Waals surface area contributed by atoms with Crippen molar-refractivity contribution in [1.29, 1.82) is 0 Å². The SMILES string of the molecule is C=CCc1cc(C(=O)Nc2ccccc2C(=O)NC(C)(C)C)ccc1OC. The van der Waals surface area contributed by atoms with Gasteiger partial charge < -0.3 is 15.4 Å². The van der Waals surface area contributed by atoms with Gasteiger partial charge in [-0.1, -0.05) is 18.2 Å². The third-order valence-corrected chi connectivity index (χ3v) is 3.82. The number of methoxy groups -OCH3 is 1. The van der Waals surface area contributed by atoms with Gasteiger partial charge >= 0.3 is 0 Å². The van der Waals surface area contributed by atoms with Crippen LogP contribution in [0.1, 0.15) is 47.1 Å². The molecule has 2 aromatic carbocycles. The van der Waals surface area contributed by atoms with Crippen molar-refractivity contribution in [3.8, 4) is 5.75 Å². The maximum Gasteiger partial charge on any atom is 0.255 e. The number of hydrogen-bond acceptors (Lipinski definition) is 3. The van der Waals surface area contributed by atoms with Crippen molar-refractivity contribution in [2.24, 2.45) is 0 Å². The zero-order valence-corrected chi connectivity index (χ0v) is 16.3. The van der Waals surface area contributed by atoms with E-state index in [0.29, 0.717) is 29.0 Å². The molecule has 5 heteroatoms. The number of rotatable bonds is 6. The van der Waals surface area contributed by atoms with E-state index in [1.165, 1.54) is 0 Å². The minimum absolute atomic E-state index is 0.236. The van der Waals surface area contributed by atoms with Crippen LogP contribution in [0.5, 0.6) is 5.75 Å². The third kappa shape index (κ3) is 5.45. The Balaban J connectivity index is 2.27. The van der Waals surface area contributed by atoms with E-state index < -0.39 is 0 Å². The lowest BCUT2D eigenvalue weighted by Gasteiger charge is -2.21. The van der Waals surface area contributed by atoms with Crippen molar-refractivity contribution in [2.45, 2.75) is 32.7 Å². The summed E-state index contributed by atoms with van der Waals surface area (Å²) < 4.78 is 5.32. The van der Waals surface area contributed by atoms with Gasteiger partial charge in [-0.3, -0.25) is 9.59 Å². The van der Waals surface area contributed by atoms with Crippen LogP contribution in [0.3, 0.4) is 0 Å². The lowest BCUT2D eigenvalue weighted by molar-refractivity contribution is 0.0920. The molecule has 0 saturated heterocycles. The Morgan fingerprint density at radius 2 is 1.81 bits per heavy atom. The number of anilines is 1. The van der Waals surface area contributed by atoms with Crippen LogP contribution in [0.4, 0.5) is 5.69 Å². The number of carbonyl (C=O) groups excluding carboxylic acids is 2. The fourth-order valence-electron chi connectivity index (χ4n) is 2.63. The summed E-state index contributed by atoms with van der Waals surface area (Å²) in [5, 5.41) is 5.75. The second kappa shape index (κ2) is 8.54. The fourth-order valence-corrected chi connectivity index (χ4v) is 2.63. The largest absolute Gasteiger partial charge is 0.496 e. The quantitative estimate of drug-likeness (QED) is 0.753. The normalized spacial score (nSPS) is 10.8. The van der Waals surface area contributed by atoms with Crippen LogP contribution in [0.15, 0.2) is 55.1 Å². The molecule has 2 N–H and O–H groups in total. The van der Waals surface area contributed by atoms with Crippen molar-refractivity contribution in [2.75, 3.05) is 12.4 Å². The highest BCUT2D eigenvalue weighted by Crippen LogP contribution is 2.22. The van der Waals surface area contributed by atoms with Crippen LogP contribution in [-0.2, 0) is 6.42 Å². The highest BCUT2D eigenvalue weighted by atomic mass is 16.5. The van der Waals surface area contributed by atoms with Crippen LogP contribution in [-0.4, -0.2) is 24.5 Å². The Morgan fingerprint density at radius 1 is 1.11 bits per heavy atom. The monoisotopic (exact) mass is 366 g/mol. The molecule has 0 bridgehead atoms. The number of carbonyl (C=O) groups is 2. The van der Waals surface area contributed by atoms with Crippen molar-refractivity contribution in [3.05, 3.63) is 71.8 Å². The lowest BCUT2D eigenvalue weighted by Crippen LogP contribution is -2.40. The number of nitrogens with one attached hydrogen (secondary N) is 2. The van der Waals surface area contributed by atoms with Crippen LogP contribution in [0, 0.1) is 0 Å². The molecule has 0 aliphatic rings. The first-order valence-corrected chi connectivity index (χ1v) is 8.76. The summed E-state index contributed by atoms with van der Waals surface area (Å²) >= 11 is 0. The number of allylic oxidation sites excluding steroid dienone is 1. The Hall–Kier alpha value is -3.08. The van der Waals surface area contributed by atoms with E-state index in [-0.39, 0.29) is 17.4 Å². The Bertz CT molecular complexity index is 851. The second-order valence-corrected chi connectivity index (χ2v) is 7.22. The highest BCUT2D eigenvalue weighted by molar-refractivity contribution is 6.09. The molecule has 27 heavy (non-hydrogen) atoms. The van der Waals surface area contributed by atoms with E-state index in [1.807, 2.05) is 20.8 Å². The maximum absolute atomic E-state index is 12.7. The number of para-hydroxylation sites is 1. The summed E-state index contributed by atoms with van der Waals surface area (Å²) in [6, 6.07) is 12.2. The third-order valence-electron chi connectivity index (χ3n) is 3.82. The summed E-state index contributed by atoms with van der Waals surface area (Å²) in [5.41, 5.74) is 1.87. The van der Waals surface area contributed by atoms with Crippen molar-refractivity contribution in [1.82, 2.24) is 5.32 Å². The Morgan fingerprint density at radius 3 is 2.44 bits per heavy atom.